The van der Waals surface area contributed by atoms with Gasteiger partial charge in [0.15, 0.2) is 0 Å². The van der Waals surface area contributed by atoms with E-state index in [0.29, 0.717) is 5.57 Å². The number of hydrogen-bond acceptors (Lipinski definition) is 3. The number of allylic oxidation sites excluding steroid dienone is 2. The summed E-state index contributed by atoms with van der Waals surface area (Å²) in [6.07, 6.45) is 4.63. The Morgan fingerprint density at radius 1 is 1.20 bits per heavy atom. The van der Waals surface area contributed by atoms with Crippen LogP contribution in [-0.2, 0) is 16.8 Å². The average molecular weight is 291 g/mol. The summed E-state index contributed by atoms with van der Waals surface area (Å²) in [6, 6.07) is 5.85. The lowest BCUT2D eigenvalue weighted by atomic mass is 10.0. The lowest BCUT2D eigenvalue weighted by molar-refractivity contribution is -0.745. The molecule has 0 fully saturated rings. The molecule has 0 aliphatic carbocycles. The first-order valence-corrected chi connectivity index (χ1v) is 7.39. The maximum absolute atomic E-state index is 12.9. The van der Waals surface area contributed by atoms with Crippen LogP contribution >= 0.6 is 0 Å². The first kappa shape index (κ1) is 14.7. The van der Waals surface area contributed by atoms with Gasteiger partial charge in [-0.2, -0.15) is 8.42 Å². The molecule has 1 aliphatic heterocycles. The van der Waals surface area contributed by atoms with E-state index in [1.807, 2.05) is 32.0 Å². The quantitative estimate of drug-likeness (QED) is 0.478. The van der Waals surface area contributed by atoms with Crippen LogP contribution in [0.4, 0.5) is 0 Å². The molecule has 1 aromatic carbocycles. The predicted molar refractivity (Wildman–Crippen MR) is 80.1 cm³/mol. The van der Waals surface area contributed by atoms with E-state index in [1.165, 1.54) is 6.20 Å². The van der Waals surface area contributed by atoms with Gasteiger partial charge in [-0.25, -0.2) is 0 Å². The zero-order valence-electron chi connectivity index (χ0n) is 11.8. The van der Waals surface area contributed by atoms with Crippen molar-refractivity contribution in [2.24, 2.45) is 0 Å². The van der Waals surface area contributed by atoms with Crippen LogP contribution in [0.25, 0.3) is 0 Å². The van der Waals surface area contributed by atoms with Gasteiger partial charge in [0.1, 0.15) is 12.7 Å². The van der Waals surface area contributed by atoms with E-state index >= 15 is 0 Å². The highest BCUT2D eigenvalue weighted by atomic mass is 32.2. The van der Waals surface area contributed by atoms with E-state index in [0.717, 1.165) is 16.7 Å². The van der Waals surface area contributed by atoms with Gasteiger partial charge in [0.05, 0.1) is 0 Å². The van der Waals surface area contributed by atoms with E-state index in [9.17, 15) is 13.6 Å². The van der Waals surface area contributed by atoms with Crippen molar-refractivity contribution in [1.29, 1.82) is 0 Å². The summed E-state index contributed by atoms with van der Waals surface area (Å²) in [5.74, 6) is 0. The minimum atomic E-state index is -2.53. The van der Waals surface area contributed by atoms with Crippen molar-refractivity contribution in [3.63, 3.8) is 0 Å². The van der Waals surface area contributed by atoms with Crippen LogP contribution < -0.4 is 0 Å². The molecule has 0 N–H and O–H groups in total. The Bertz CT molecular complexity index is 736. The monoisotopic (exact) mass is 291 g/mol. The van der Waals surface area contributed by atoms with Gasteiger partial charge >= 0.3 is 0 Å². The number of benzene rings is 1. The van der Waals surface area contributed by atoms with Crippen molar-refractivity contribution < 1.29 is 13.1 Å². The lowest BCUT2D eigenvalue weighted by Crippen LogP contribution is -2.44. The maximum atomic E-state index is 12.9. The highest BCUT2D eigenvalue weighted by molar-refractivity contribution is 7.73. The van der Waals surface area contributed by atoms with Gasteiger partial charge in [-0.05, 0) is 38.5 Å². The molecule has 4 nitrogen and oxygen atoms in total. The SMILES string of the molecule is CC1=CC=C[N+]([O-])(Cc2cc(C)ccc2C)C1=S(=O)=O. The second kappa shape index (κ2) is 5.36. The second-order valence-electron chi connectivity index (χ2n) is 5.11. The van der Waals surface area contributed by atoms with Crippen molar-refractivity contribution >= 4 is 15.3 Å². The van der Waals surface area contributed by atoms with Crippen LogP contribution in [0.3, 0.4) is 0 Å². The number of aryl methyl sites for hydroxylation is 2. The summed E-state index contributed by atoms with van der Waals surface area (Å²) < 4.78 is 21.8. The molecular formula is C15H17NO3S. The molecule has 0 bridgehead atoms. The molecule has 1 heterocycles. The number of hydrogen-bond donors (Lipinski definition) is 0. The van der Waals surface area contributed by atoms with Crippen LogP contribution in [0, 0.1) is 19.1 Å². The summed E-state index contributed by atoms with van der Waals surface area (Å²) in [6.45, 7) is 5.60. The number of quaternary nitrogens is 1. The third-order valence-corrected chi connectivity index (χ3v) is 4.37. The van der Waals surface area contributed by atoms with E-state index in [1.54, 1.807) is 19.1 Å². The van der Waals surface area contributed by atoms with Gasteiger partial charge in [0, 0.05) is 11.1 Å². The third-order valence-electron chi connectivity index (χ3n) is 3.42. The molecule has 0 amide bonds. The Morgan fingerprint density at radius 2 is 1.90 bits per heavy atom. The summed E-state index contributed by atoms with van der Waals surface area (Å²) in [5, 5.41) is 12.9. The summed E-state index contributed by atoms with van der Waals surface area (Å²) >= 11 is 0. The molecule has 0 spiro atoms. The fourth-order valence-electron chi connectivity index (χ4n) is 2.37. The minimum Gasteiger partial charge on any atom is -0.621 e. The van der Waals surface area contributed by atoms with Gasteiger partial charge in [0.2, 0.25) is 0 Å². The van der Waals surface area contributed by atoms with Crippen LogP contribution in [0.2, 0.25) is 0 Å². The third kappa shape index (κ3) is 2.75. The molecule has 0 saturated heterocycles. The van der Waals surface area contributed by atoms with Crippen molar-refractivity contribution in [3.8, 4) is 0 Å². The minimum absolute atomic E-state index is 0.0819. The smallest absolute Gasteiger partial charge is 0.277 e. The predicted octanol–water partition coefficient (Wildman–Crippen LogP) is 2.60. The Balaban J connectivity index is 2.51. The van der Waals surface area contributed by atoms with Crippen molar-refractivity contribution in [2.45, 2.75) is 27.3 Å². The van der Waals surface area contributed by atoms with E-state index in [4.69, 9.17) is 0 Å². The molecule has 5 heteroatoms. The van der Waals surface area contributed by atoms with Crippen LogP contribution in [-0.4, -0.2) is 18.1 Å². The average Bonchev–Trinajstić information content (AvgIpc) is 2.33. The summed E-state index contributed by atoms with van der Waals surface area (Å²) in [5.41, 5.74) is 3.39. The molecule has 0 aromatic heterocycles. The molecule has 20 heavy (non-hydrogen) atoms. The zero-order valence-corrected chi connectivity index (χ0v) is 12.6. The molecular weight excluding hydrogens is 274 g/mol. The van der Waals surface area contributed by atoms with Gasteiger partial charge in [0.25, 0.3) is 15.3 Å². The van der Waals surface area contributed by atoms with Crippen molar-refractivity contribution in [3.05, 3.63) is 64.0 Å². The molecule has 1 aromatic rings. The normalized spacial score (nSPS) is 21.8. The number of hydroxylamine groups is 3. The standard InChI is InChI=1S/C15H17NO3S/c1-11-6-7-12(2)14(9-11)10-16(17)8-4-5-13(3)15(16)20(18)19/h4-9H,10H2,1-3H3. The maximum Gasteiger partial charge on any atom is 0.277 e. The van der Waals surface area contributed by atoms with Crippen molar-refractivity contribution in [2.75, 3.05) is 0 Å². The zero-order chi connectivity index (χ0) is 14.9. The van der Waals surface area contributed by atoms with Crippen molar-refractivity contribution in [1.82, 2.24) is 0 Å². The summed E-state index contributed by atoms with van der Waals surface area (Å²) in [7, 11) is -2.53. The van der Waals surface area contributed by atoms with Gasteiger partial charge < -0.3 is 5.21 Å². The molecule has 1 atom stereocenters. The Labute approximate surface area is 120 Å². The van der Waals surface area contributed by atoms with Crippen LogP contribution in [0.1, 0.15) is 23.6 Å². The Kier molecular flexibility index (Phi) is 3.94. The molecule has 1 aliphatic rings. The first-order valence-electron chi connectivity index (χ1n) is 6.31. The van der Waals surface area contributed by atoms with Crippen LogP contribution in [0.15, 0.2) is 42.1 Å². The highest BCUT2D eigenvalue weighted by Gasteiger charge is 2.29. The van der Waals surface area contributed by atoms with E-state index in [-0.39, 0.29) is 11.5 Å². The summed E-state index contributed by atoms with van der Waals surface area (Å²) in [4.78, 5) is -0.117. The molecule has 106 valence electrons. The second-order valence-corrected chi connectivity index (χ2v) is 5.97. The Hall–Kier alpha value is -1.69. The topological polar surface area (TPSA) is 57.2 Å². The fourth-order valence-corrected chi connectivity index (χ4v) is 3.08. The fraction of sp³-hybridized carbons (Fsp3) is 0.267. The largest absolute Gasteiger partial charge is 0.621 e. The van der Waals surface area contributed by atoms with E-state index in [2.05, 4.69) is 0 Å². The molecule has 1 unspecified atom stereocenters. The number of rotatable bonds is 2. The lowest BCUT2D eigenvalue weighted by Gasteiger charge is -2.39. The van der Waals surface area contributed by atoms with Gasteiger partial charge in [-0.1, -0.05) is 23.8 Å². The molecule has 0 saturated carbocycles. The molecule has 2 rings (SSSR count). The first-order chi connectivity index (χ1) is 9.33. The molecule has 0 radical (unpaired) electrons. The van der Waals surface area contributed by atoms with E-state index < -0.39 is 14.9 Å². The van der Waals surface area contributed by atoms with Gasteiger partial charge in [-0.15, -0.1) is 0 Å². The highest BCUT2D eigenvalue weighted by Crippen LogP contribution is 2.24. The number of nitrogens with zero attached hydrogens (tertiary/aromatic N) is 1. The van der Waals surface area contributed by atoms with Crippen LogP contribution in [0.5, 0.6) is 0 Å². The van der Waals surface area contributed by atoms with Gasteiger partial charge in [-0.3, -0.25) is 4.65 Å². The Morgan fingerprint density at radius 3 is 2.55 bits per heavy atom.